The summed E-state index contributed by atoms with van der Waals surface area (Å²) >= 11 is 1.55. The molecule has 0 radical (unpaired) electrons. The molecule has 10 heteroatoms. The average molecular weight is 680 g/mol. The minimum Gasteiger partial charge on any atom is -0.453 e. The highest BCUT2D eigenvalue weighted by atomic mass is 32.1. The molecule has 0 saturated carbocycles. The van der Waals surface area contributed by atoms with Crippen LogP contribution in [0.4, 0.5) is 10.1 Å². The van der Waals surface area contributed by atoms with Crippen molar-refractivity contribution >= 4 is 38.9 Å². The van der Waals surface area contributed by atoms with Crippen LogP contribution in [0.1, 0.15) is 17.5 Å². The minimum atomic E-state index is -0.580. The molecule has 6 rings (SSSR count). The first-order valence-corrected chi connectivity index (χ1v) is 17.4. The van der Waals surface area contributed by atoms with E-state index in [0.717, 1.165) is 66.5 Å². The zero-order valence-electron chi connectivity index (χ0n) is 28.3. The van der Waals surface area contributed by atoms with Crippen LogP contribution in [0.15, 0.2) is 91.1 Å². The number of carbonyl (C=O) groups is 2. The lowest BCUT2D eigenvalue weighted by Crippen LogP contribution is -2.46. The van der Waals surface area contributed by atoms with Gasteiger partial charge in [-0.15, -0.1) is 11.3 Å². The Bertz CT molecular complexity index is 1890. The molecule has 49 heavy (non-hydrogen) atoms. The number of carbonyl (C=O) groups excluding carboxylic acids is 2. The monoisotopic (exact) mass is 679 g/mol. The van der Waals surface area contributed by atoms with Gasteiger partial charge >= 0.3 is 0 Å². The maximum atomic E-state index is 15.2. The fourth-order valence-electron chi connectivity index (χ4n) is 5.91. The molecule has 3 heterocycles. The van der Waals surface area contributed by atoms with Crippen molar-refractivity contribution in [1.82, 2.24) is 19.7 Å². The summed E-state index contributed by atoms with van der Waals surface area (Å²) in [5.74, 6) is -0.617. The molecule has 1 fully saturated rings. The Labute approximate surface area is 291 Å². The molecule has 0 bridgehead atoms. The van der Waals surface area contributed by atoms with E-state index >= 15 is 4.39 Å². The number of thiophene rings is 1. The zero-order chi connectivity index (χ0) is 34.3. The standard InChI is InChI=1S/C39H42FN5O3S/c1-42-17-20-45(21-18-42)22-19-43(2)27-28-9-12-30(13-10-28)37-26-34-39(49-37)36(15-16-41-34)48-35-14-11-29(24-33(35)40)23-32(46)25-38(47)44(3)31-7-5-4-6-8-31/h4-16,24,26H,17-23,25,27H2,1-3H3. The third-order valence-corrected chi connectivity index (χ3v) is 10.1. The Morgan fingerprint density at radius 3 is 2.37 bits per heavy atom. The van der Waals surface area contributed by atoms with Gasteiger partial charge in [-0.1, -0.05) is 48.5 Å². The molecule has 0 N–H and O–H groups in total. The minimum absolute atomic E-state index is 0.0506. The fourth-order valence-corrected chi connectivity index (χ4v) is 6.99. The Hall–Kier alpha value is -4.48. The second-order valence-corrected chi connectivity index (χ2v) is 13.8. The van der Waals surface area contributed by atoms with Gasteiger partial charge in [-0.25, -0.2) is 4.39 Å². The van der Waals surface area contributed by atoms with E-state index < -0.39 is 5.82 Å². The number of aromatic nitrogens is 1. The van der Waals surface area contributed by atoms with Crippen LogP contribution in [0.3, 0.4) is 0 Å². The number of hydrogen-bond donors (Lipinski definition) is 0. The molecule has 2 aromatic heterocycles. The van der Waals surface area contributed by atoms with Gasteiger partial charge in [-0.3, -0.25) is 19.5 Å². The Morgan fingerprint density at radius 2 is 1.63 bits per heavy atom. The topological polar surface area (TPSA) is 69.2 Å². The second-order valence-electron chi connectivity index (χ2n) is 12.8. The molecule has 0 atom stereocenters. The lowest BCUT2D eigenvalue weighted by atomic mass is 10.1. The van der Waals surface area contributed by atoms with Gasteiger partial charge in [0.25, 0.3) is 0 Å². The highest BCUT2D eigenvalue weighted by Crippen LogP contribution is 2.39. The number of nitrogens with zero attached hydrogens (tertiary/aromatic N) is 5. The Morgan fingerprint density at radius 1 is 0.898 bits per heavy atom. The van der Waals surface area contributed by atoms with Crippen molar-refractivity contribution in [3.05, 3.63) is 108 Å². The van der Waals surface area contributed by atoms with E-state index in [1.165, 1.54) is 22.6 Å². The molecule has 1 amide bonds. The third-order valence-electron chi connectivity index (χ3n) is 8.94. The predicted molar refractivity (Wildman–Crippen MR) is 195 cm³/mol. The number of piperazine rings is 1. The van der Waals surface area contributed by atoms with Crippen LogP contribution in [0.5, 0.6) is 11.5 Å². The highest BCUT2D eigenvalue weighted by Gasteiger charge is 2.18. The summed E-state index contributed by atoms with van der Waals surface area (Å²) in [6.07, 6.45) is 1.34. The maximum absolute atomic E-state index is 15.2. The molecule has 0 spiro atoms. The summed E-state index contributed by atoms with van der Waals surface area (Å²) < 4.78 is 22.1. The number of fused-ring (bicyclic) bond motifs is 1. The molecule has 1 aliphatic heterocycles. The van der Waals surface area contributed by atoms with Gasteiger partial charge in [0.2, 0.25) is 5.91 Å². The largest absolute Gasteiger partial charge is 0.453 e. The van der Waals surface area contributed by atoms with E-state index in [0.29, 0.717) is 17.0 Å². The van der Waals surface area contributed by atoms with Gasteiger partial charge in [0.15, 0.2) is 11.6 Å². The smallest absolute Gasteiger partial charge is 0.234 e. The van der Waals surface area contributed by atoms with Gasteiger partial charge in [0.05, 0.1) is 16.6 Å². The van der Waals surface area contributed by atoms with Crippen LogP contribution in [0.2, 0.25) is 0 Å². The first kappa shape index (κ1) is 34.4. The maximum Gasteiger partial charge on any atom is 0.234 e. The van der Waals surface area contributed by atoms with Gasteiger partial charge in [0.1, 0.15) is 11.5 Å². The second kappa shape index (κ2) is 15.8. The highest BCUT2D eigenvalue weighted by molar-refractivity contribution is 7.22. The number of rotatable bonds is 13. The molecular weight excluding hydrogens is 638 g/mol. The van der Waals surface area contributed by atoms with Gasteiger partial charge < -0.3 is 19.4 Å². The van der Waals surface area contributed by atoms with Crippen molar-refractivity contribution in [3.63, 3.8) is 0 Å². The quantitative estimate of drug-likeness (QED) is 0.128. The van der Waals surface area contributed by atoms with Gasteiger partial charge in [-0.05, 0) is 61.1 Å². The SMILES string of the molecule is CN1CCN(CCN(C)Cc2ccc(-c3cc4nccc(Oc5ccc(CC(=O)CC(=O)N(C)c6ccccc6)cc5F)c4s3)cc2)CC1. The van der Waals surface area contributed by atoms with E-state index in [1.54, 1.807) is 48.8 Å². The molecule has 8 nitrogen and oxygen atoms in total. The number of para-hydroxylation sites is 1. The molecule has 5 aromatic rings. The average Bonchev–Trinajstić information content (AvgIpc) is 3.55. The lowest BCUT2D eigenvalue weighted by Gasteiger charge is -2.33. The number of anilines is 1. The van der Waals surface area contributed by atoms with Crippen LogP contribution in [0, 0.1) is 5.82 Å². The molecule has 0 unspecified atom stereocenters. The van der Waals surface area contributed by atoms with E-state index in [9.17, 15) is 9.59 Å². The Kier molecular flexibility index (Phi) is 11.1. The summed E-state index contributed by atoms with van der Waals surface area (Å²) in [6, 6.07) is 26.0. The number of Topliss-reactive ketones (excluding diaryl/α,β-unsaturated/α-hetero) is 1. The van der Waals surface area contributed by atoms with Crippen molar-refractivity contribution in [2.45, 2.75) is 19.4 Å². The lowest BCUT2D eigenvalue weighted by molar-refractivity contribution is -0.126. The third kappa shape index (κ3) is 8.96. The number of hydrogen-bond acceptors (Lipinski definition) is 8. The van der Waals surface area contributed by atoms with Crippen LogP contribution in [-0.4, -0.2) is 91.8 Å². The number of amides is 1. The van der Waals surface area contributed by atoms with Crippen molar-refractivity contribution in [1.29, 1.82) is 0 Å². The summed E-state index contributed by atoms with van der Waals surface area (Å²) in [7, 11) is 5.99. The normalized spacial score (nSPS) is 14.0. The number of ether oxygens (including phenoxy) is 1. The summed E-state index contributed by atoms with van der Waals surface area (Å²) in [6.45, 7) is 7.56. The number of ketones is 1. The predicted octanol–water partition coefficient (Wildman–Crippen LogP) is 6.74. The molecule has 1 aliphatic rings. The molecule has 3 aromatic carbocycles. The summed E-state index contributed by atoms with van der Waals surface area (Å²) in [5.41, 5.74) is 4.32. The van der Waals surface area contributed by atoms with E-state index in [-0.39, 0.29) is 30.3 Å². The van der Waals surface area contributed by atoms with E-state index in [1.807, 2.05) is 24.3 Å². The zero-order valence-corrected chi connectivity index (χ0v) is 29.1. The number of benzene rings is 3. The molecule has 254 valence electrons. The van der Waals surface area contributed by atoms with Crippen LogP contribution in [0.25, 0.3) is 20.7 Å². The Balaban J connectivity index is 1.05. The first-order chi connectivity index (χ1) is 23.7. The van der Waals surface area contributed by atoms with Crippen molar-refractivity contribution in [3.8, 4) is 21.9 Å². The van der Waals surface area contributed by atoms with Crippen LogP contribution < -0.4 is 9.64 Å². The van der Waals surface area contributed by atoms with Crippen LogP contribution in [-0.2, 0) is 22.6 Å². The first-order valence-electron chi connectivity index (χ1n) is 16.6. The molecule has 0 aliphatic carbocycles. The van der Waals surface area contributed by atoms with Crippen molar-refractivity contribution in [2.75, 3.05) is 65.3 Å². The van der Waals surface area contributed by atoms with Crippen molar-refractivity contribution in [2.24, 2.45) is 0 Å². The van der Waals surface area contributed by atoms with Crippen LogP contribution >= 0.6 is 11.3 Å². The van der Waals surface area contributed by atoms with E-state index in [2.05, 4.69) is 58.0 Å². The number of likely N-dealkylation sites (N-methyl/N-ethyl adjacent to an activating group) is 2. The van der Waals surface area contributed by atoms with Crippen molar-refractivity contribution < 1.29 is 18.7 Å². The summed E-state index contributed by atoms with van der Waals surface area (Å²) in [4.78, 5) is 39.6. The van der Waals surface area contributed by atoms with E-state index in [4.69, 9.17) is 4.74 Å². The fraction of sp³-hybridized carbons (Fsp3) is 0.308. The summed E-state index contributed by atoms with van der Waals surface area (Å²) in [5, 5.41) is 0. The number of pyridine rings is 1. The molecular formula is C39H42FN5O3S. The van der Waals surface area contributed by atoms with Gasteiger partial charge in [0, 0.05) is 82.1 Å². The molecule has 1 saturated heterocycles. The number of halogens is 1. The van der Waals surface area contributed by atoms with Gasteiger partial charge in [-0.2, -0.15) is 0 Å².